The molecule has 0 spiro atoms. The summed E-state index contributed by atoms with van der Waals surface area (Å²) in [7, 11) is 1.86. The molecule has 2 aliphatic rings. The van der Waals surface area contributed by atoms with E-state index in [9.17, 15) is 0 Å². The lowest BCUT2D eigenvalue weighted by molar-refractivity contribution is -0.0120. The van der Waals surface area contributed by atoms with Gasteiger partial charge in [0, 0.05) is 54.7 Å². The minimum Gasteiger partial charge on any atom is -0.379 e. The van der Waals surface area contributed by atoms with Gasteiger partial charge in [-0.2, -0.15) is 11.8 Å². The second kappa shape index (κ2) is 10.6. The van der Waals surface area contributed by atoms with Crippen LogP contribution in [0, 0.1) is 0 Å². The van der Waals surface area contributed by atoms with Gasteiger partial charge in [-0.25, -0.2) is 0 Å². The van der Waals surface area contributed by atoms with Gasteiger partial charge in [0.05, 0.1) is 13.2 Å². The molecule has 2 heterocycles. The van der Waals surface area contributed by atoms with Gasteiger partial charge in [0.2, 0.25) is 0 Å². The standard InChI is InChI=1S/C20H32N4OS2/c1-17(27-18-6-4-3-5-7-18)14-22-19(21-2)23-15-20(8-13-26-16-20)24-9-11-25-12-10-24/h3-7,17H,8-16H2,1-2H3,(H2,21,22,23). The molecule has 0 saturated carbocycles. The van der Waals surface area contributed by atoms with Gasteiger partial charge >= 0.3 is 0 Å². The van der Waals surface area contributed by atoms with Crippen LogP contribution in [0.3, 0.4) is 0 Å². The summed E-state index contributed by atoms with van der Waals surface area (Å²) in [6.07, 6.45) is 1.24. The predicted octanol–water partition coefficient (Wildman–Crippen LogP) is 2.54. The Kier molecular flexibility index (Phi) is 8.18. The van der Waals surface area contributed by atoms with E-state index >= 15 is 0 Å². The predicted molar refractivity (Wildman–Crippen MR) is 118 cm³/mol. The number of thioether (sulfide) groups is 2. The first kappa shape index (κ1) is 20.8. The Bertz CT molecular complexity index is 587. The van der Waals surface area contributed by atoms with Crippen molar-refractivity contribution in [1.29, 1.82) is 0 Å². The van der Waals surface area contributed by atoms with E-state index in [0.717, 1.165) is 45.4 Å². The first-order valence-electron chi connectivity index (χ1n) is 9.79. The highest BCUT2D eigenvalue weighted by molar-refractivity contribution is 8.00. The fraction of sp³-hybridized carbons (Fsp3) is 0.650. The molecule has 2 unspecified atom stereocenters. The summed E-state index contributed by atoms with van der Waals surface area (Å²) in [5.74, 6) is 3.34. The van der Waals surface area contributed by atoms with Crippen LogP contribution in [0.15, 0.2) is 40.2 Å². The van der Waals surface area contributed by atoms with E-state index in [1.165, 1.54) is 22.8 Å². The average Bonchev–Trinajstić information content (AvgIpc) is 3.20. The van der Waals surface area contributed by atoms with Crippen LogP contribution in [0.25, 0.3) is 0 Å². The Hall–Kier alpha value is -0.890. The second-order valence-electron chi connectivity index (χ2n) is 7.17. The van der Waals surface area contributed by atoms with E-state index in [0.29, 0.717) is 5.25 Å². The molecule has 0 amide bonds. The maximum atomic E-state index is 5.56. The maximum absolute atomic E-state index is 5.56. The number of benzene rings is 1. The molecule has 2 N–H and O–H groups in total. The third-order valence-corrected chi connectivity index (χ3v) is 7.56. The Balaban J connectivity index is 1.47. The molecular weight excluding hydrogens is 376 g/mol. The molecule has 0 aliphatic carbocycles. The molecule has 0 bridgehead atoms. The van der Waals surface area contributed by atoms with E-state index < -0.39 is 0 Å². The summed E-state index contributed by atoms with van der Waals surface area (Å²) in [6, 6.07) is 10.6. The molecule has 2 atom stereocenters. The van der Waals surface area contributed by atoms with Crippen molar-refractivity contribution in [3.8, 4) is 0 Å². The van der Waals surface area contributed by atoms with Gasteiger partial charge < -0.3 is 15.4 Å². The number of rotatable bonds is 7. The van der Waals surface area contributed by atoms with Crippen LogP contribution in [-0.4, -0.2) is 79.6 Å². The molecule has 2 saturated heterocycles. The number of hydrogen-bond acceptors (Lipinski definition) is 5. The van der Waals surface area contributed by atoms with E-state index in [-0.39, 0.29) is 5.54 Å². The van der Waals surface area contributed by atoms with Crippen molar-refractivity contribution in [2.24, 2.45) is 4.99 Å². The minimum atomic E-state index is 0.233. The van der Waals surface area contributed by atoms with Gasteiger partial charge in [-0.1, -0.05) is 25.1 Å². The fourth-order valence-electron chi connectivity index (χ4n) is 3.62. The van der Waals surface area contributed by atoms with Crippen molar-refractivity contribution in [2.45, 2.75) is 29.0 Å². The lowest BCUT2D eigenvalue weighted by atomic mass is 9.95. The Morgan fingerprint density at radius 1 is 1.30 bits per heavy atom. The Labute approximate surface area is 172 Å². The van der Waals surface area contributed by atoms with E-state index in [1.54, 1.807) is 0 Å². The minimum absolute atomic E-state index is 0.233. The van der Waals surface area contributed by atoms with Crippen LogP contribution >= 0.6 is 23.5 Å². The summed E-state index contributed by atoms with van der Waals surface area (Å²) in [4.78, 5) is 8.38. The number of nitrogens with zero attached hydrogens (tertiary/aromatic N) is 2. The molecule has 2 aliphatic heterocycles. The fourth-order valence-corrected chi connectivity index (χ4v) is 6.04. The van der Waals surface area contributed by atoms with Crippen LogP contribution in [-0.2, 0) is 4.74 Å². The van der Waals surface area contributed by atoms with Crippen molar-refractivity contribution >= 4 is 29.5 Å². The summed E-state index contributed by atoms with van der Waals surface area (Å²) in [6.45, 7) is 7.87. The third kappa shape index (κ3) is 6.04. The zero-order chi connectivity index (χ0) is 19.0. The molecule has 1 aromatic carbocycles. The highest BCUT2D eigenvalue weighted by atomic mass is 32.2. The van der Waals surface area contributed by atoms with Crippen LogP contribution in [0.2, 0.25) is 0 Å². The van der Waals surface area contributed by atoms with E-state index in [2.05, 4.69) is 69.5 Å². The summed E-state index contributed by atoms with van der Waals surface area (Å²) in [5.41, 5.74) is 0.233. The number of morpholine rings is 1. The number of guanidine groups is 1. The lowest BCUT2D eigenvalue weighted by Gasteiger charge is -2.43. The van der Waals surface area contributed by atoms with Gasteiger partial charge in [0.15, 0.2) is 5.96 Å². The lowest BCUT2D eigenvalue weighted by Crippen LogP contribution is -2.60. The summed E-state index contributed by atoms with van der Waals surface area (Å²) < 4.78 is 5.56. The zero-order valence-corrected chi connectivity index (χ0v) is 18.1. The van der Waals surface area contributed by atoms with Gasteiger partial charge in [0.1, 0.15) is 0 Å². The smallest absolute Gasteiger partial charge is 0.191 e. The molecular formula is C20H32N4OS2. The number of aliphatic imine (C=N–C) groups is 1. The van der Waals surface area contributed by atoms with Gasteiger partial charge in [-0.05, 0) is 24.3 Å². The van der Waals surface area contributed by atoms with E-state index in [4.69, 9.17) is 4.74 Å². The molecule has 27 heavy (non-hydrogen) atoms. The third-order valence-electron chi connectivity index (χ3n) is 5.21. The molecule has 1 aromatic rings. The van der Waals surface area contributed by atoms with Crippen LogP contribution in [0.5, 0.6) is 0 Å². The maximum Gasteiger partial charge on any atom is 0.191 e. The number of nitrogens with one attached hydrogen (secondary N) is 2. The SMILES string of the molecule is CN=C(NCC(C)Sc1ccccc1)NCC1(N2CCOCC2)CCSC1. The summed E-state index contributed by atoms with van der Waals surface area (Å²) in [5, 5.41) is 7.58. The highest BCUT2D eigenvalue weighted by Gasteiger charge is 2.40. The first-order valence-corrected chi connectivity index (χ1v) is 11.8. The van der Waals surface area contributed by atoms with Crippen molar-refractivity contribution in [2.75, 3.05) is 57.9 Å². The summed E-state index contributed by atoms with van der Waals surface area (Å²) >= 11 is 3.96. The largest absolute Gasteiger partial charge is 0.379 e. The molecule has 150 valence electrons. The van der Waals surface area contributed by atoms with Crippen molar-refractivity contribution < 1.29 is 4.74 Å². The van der Waals surface area contributed by atoms with Gasteiger partial charge in [-0.3, -0.25) is 9.89 Å². The van der Waals surface area contributed by atoms with Crippen LogP contribution < -0.4 is 10.6 Å². The zero-order valence-electron chi connectivity index (χ0n) is 16.4. The quantitative estimate of drug-likeness (QED) is 0.411. The molecule has 0 aromatic heterocycles. The Morgan fingerprint density at radius 2 is 2.07 bits per heavy atom. The van der Waals surface area contributed by atoms with Crippen molar-refractivity contribution in [3.05, 3.63) is 30.3 Å². The number of ether oxygens (including phenoxy) is 1. The Morgan fingerprint density at radius 3 is 2.74 bits per heavy atom. The highest BCUT2D eigenvalue weighted by Crippen LogP contribution is 2.33. The first-order chi connectivity index (χ1) is 13.2. The molecule has 5 nitrogen and oxygen atoms in total. The molecule has 3 rings (SSSR count). The molecule has 0 radical (unpaired) electrons. The van der Waals surface area contributed by atoms with Crippen molar-refractivity contribution in [3.63, 3.8) is 0 Å². The number of hydrogen-bond donors (Lipinski definition) is 2. The topological polar surface area (TPSA) is 48.9 Å². The van der Waals surface area contributed by atoms with Gasteiger partial charge in [-0.15, -0.1) is 11.8 Å². The van der Waals surface area contributed by atoms with Gasteiger partial charge in [0.25, 0.3) is 0 Å². The molecule has 7 heteroatoms. The normalized spacial score (nSPS) is 25.3. The average molecular weight is 409 g/mol. The molecule has 2 fully saturated rings. The van der Waals surface area contributed by atoms with E-state index in [1.807, 2.05) is 18.8 Å². The van der Waals surface area contributed by atoms with Crippen LogP contribution in [0.1, 0.15) is 13.3 Å². The van der Waals surface area contributed by atoms with Crippen molar-refractivity contribution in [1.82, 2.24) is 15.5 Å². The van der Waals surface area contributed by atoms with Crippen LogP contribution in [0.4, 0.5) is 0 Å². The second-order valence-corrected chi connectivity index (χ2v) is 9.79. The monoisotopic (exact) mass is 408 g/mol.